The fraction of sp³-hybridized carbons (Fsp3) is 0.259. The standard InChI is InChI=1S/C27H26ClFN4OS/c28-23-8-4-5-9-26(23)35(34)17-31-21-11-12-22(24(29)15-21)18-10-13-25-19(14-18)16-30-27(33-25)32-20-6-2-1-3-7-20/h4-5,8-16,20,31H,1-3,6-7,17H2,(H,30,32,33). The molecule has 0 radical (unpaired) electrons. The minimum absolute atomic E-state index is 0.132. The topological polar surface area (TPSA) is 66.9 Å². The quantitative estimate of drug-likeness (QED) is 0.281. The van der Waals surface area contributed by atoms with Gasteiger partial charge in [-0.05, 0) is 60.9 Å². The molecule has 180 valence electrons. The minimum atomic E-state index is -1.35. The summed E-state index contributed by atoms with van der Waals surface area (Å²) in [6, 6.07) is 18.0. The number of nitrogens with zero attached hydrogens (tertiary/aromatic N) is 2. The first-order chi connectivity index (χ1) is 17.1. The average molecular weight is 509 g/mol. The van der Waals surface area contributed by atoms with Gasteiger partial charge in [0.2, 0.25) is 5.95 Å². The lowest BCUT2D eigenvalue weighted by molar-refractivity contribution is 0.461. The lowest BCUT2D eigenvalue weighted by Crippen LogP contribution is -2.23. The van der Waals surface area contributed by atoms with Gasteiger partial charge in [-0.1, -0.05) is 49.1 Å². The number of aromatic nitrogens is 2. The van der Waals surface area contributed by atoms with Gasteiger partial charge >= 0.3 is 0 Å². The van der Waals surface area contributed by atoms with Gasteiger partial charge in [-0.3, -0.25) is 4.21 Å². The van der Waals surface area contributed by atoms with E-state index in [1.165, 1.54) is 25.3 Å². The smallest absolute Gasteiger partial charge is 0.223 e. The molecule has 35 heavy (non-hydrogen) atoms. The molecule has 1 aliphatic rings. The van der Waals surface area contributed by atoms with Gasteiger partial charge in [0, 0.05) is 28.9 Å². The molecule has 4 aromatic rings. The number of benzene rings is 3. The summed E-state index contributed by atoms with van der Waals surface area (Å²) in [5.41, 5.74) is 2.60. The zero-order valence-corrected chi connectivity index (χ0v) is 20.7. The molecule has 3 aromatic carbocycles. The van der Waals surface area contributed by atoms with Crippen LogP contribution >= 0.6 is 11.6 Å². The van der Waals surface area contributed by atoms with Crippen LogP contribution in [0.15, 0.2) is 71.8 Å². The Bertz CT molecular complexity index is 1380. The molecule has 1 aliphatic carbocycles. The Balaban J connectivity index is 1.28. The van der Waals surface area contributed by atoms with Crippen molar-refractivity contribution < 1.29 is 8.60 Å². The molecule has 1 fully saturated rings. The molecule has 5 nitrogen and oxygen atoms in total. The van der Waals surface area contributed by atoms with Crippen LogP contribution in [0.2, 0.25) is 5.02 Å². The third-order valence-electron chi connectivity index (χ3n) is 6.29. The molecule has 5 rings (SSSR count). The third-order valence-corrected chi connectivity index (χ3v) is 7.98. The molecule has 0 spiro atoms. The summed E-state index contributed by atoms with van der Waals surface area (Å²) in [5, 5.41) is 7.79. The average Bonchev–Trinajstić information content (AvgIpc) is 2.88. The second-order valence-corrected chi connectivity index (χ2v) is 10.6. The highest BCUT2D eigenvalue weighted by atomic mass is 35.5. The molecule has 1 aromatic heterocycles. The van der Waals surface area contributed by atoms with E-state index in [4.69, 9.17) is 11.6 Å². The summed E-state index contributed by atoms with van der Waals surface area (Å²) in [7, 11) is -1.35. The normalized spacial score (nSPS) is 15.1. The lowest BCUT2D eigenvalue weighted by Gasteiger charge is -2.22. The SMILES string of the molecule is O=S(CNc1ccc(-c2ccc3nc(NC4CCCCC4)ncc3c2)c(F)c1)c1ccccc1Cl. The zero-order chi connectivity index (χ0) is 24.2. The molecule has 1 unspecified atom stereocenters. The Kier molecular flexibility index (Phi) is 7.25. The maximum absolute atomic E-state index is 15.0. The fourth-order valence-corrected chi connectivity index (χ4v) is 5.78. The van der Waals surface area contributed by atoms with Crippen molar-refractivity contribution in [2.45, 2.75) is 43.0 Å². The van der Waals surface area contributed by atoms with Crippen molar-refractivity contribution in [2.24, 2.45) is 0 Å². The molecule has 0 aliphatic heterocycles. The van der Waals surface area contributed by atoms with Gasteiger partial charge in [0.15, 0.2) is 0 Å². The van der Waals surface area contributed by atoms with Crippen molar-refractivity contribution in [2.75, 3.05) is 16.5 Å². The van der Waals surface area contributed by atoms with E-state index in [9.17, 15) is 8.60 Å². The van der Waals surface area contributed by atoms with Gasteiger partial charge < -0.3 is 10.6 Å². The number of hydrogen-bond acceptors (Lipinski definition) is 5. The predicted molar refractivity (Wildman–Crippen MR) is 142 cm³/mol. The molecule has 0 amide bonds. The van der Waals surface area contributed by atoms with Crippen molar-refractivity contribution in [3.63, 3.8) is 0 Å². The summed E-state index contributed by atoms with van der Waals surface area (Å²) >= 11 is 6.12. The van der Waals surface area contributed by atoms with E-state index < -0.39 is 10.8 Å². The Morgan fingerprint density at radius 2 is 1.86 bits per heavy atom. The summed E-state index contributed by atoms with van der Waals surface area (Å²) in [6.45, 7) is 0. The van der Waals surface area contributed by atoms with Crippen LogP contribution in [-0.4, -0.2) is 26.1 Å². The Labute approximate surface area is 211 Å². The first kappa shape index (κ1) is 23.7. The number of rotatable bonds is 7. The van der Waals surface area contributed by atoms with Gasteiger partial charge in [0.1, 0.15) is 5.82 Å². The largest absolute Gasteiger partial charge is 0.373 e. The van der Waals surface area contributed by atoms with Crippen LogP contribution in [0, 0.1) is 5.82 Å². The molecule has 1 saturated carbocycles. The molecule has 8 heteroatoms. The second kappa shape index (κ2) is 10.7. The zero-order valence-electron chi connectivity index (χ0n) is 19.1. The van der Waals surface area contributed by atoms with Crippen molar-refractivity contribution in [3.05, 3.63) is 77.7 Å². The van der Waals surface area contributed by atoms with Gasteiger partial charge in [-0.15, -0.1) is 0 Å². The van der Waals surface area contributed by atoms with E-state index in [1.54, 1.807) is 42.6 Å². The van der Waals surface area contributed by atoms with Gasteiger partial charge in [-0.2, -0.15) is 0 Å². The molecular formula is C27H26ClFN4OS. The van der Waals surface area contributed by atoms with E-state index in [2.05, 4.69) is 20.6 Å². The van der Waals surface area contributed by atoms with Crippen LogP contribution in [0.25, 0.3) is 22.0 Å². The molecule has 1 atom stereocenters. The van der Waals surface area contributed by atoms with Crippen LogP contribution in [0.3, 0.4) is 0 Å². The van der Waals surface area contributed by atoms with Gasteiger partial charge in [-0.25, -0.2) is 14.4 Å². The highest BCUT2D eigenvalue weighted by Crippen LogP contribution is 2.29. The Hall–Kier alpha value is -3.03. The molecule has 0 bridgehead atoms. The summed E-state index contributed by atoms with van der Waals surface area (Å²) in [5.74, 6) is 0.412. The first-order valence-electron chi connectivity index (χ1n) is 11.8. The van der Waals surface area contributed by atoms with Crippen molar-refractivity contribution in [1.29, 1.82) is 0 Å². The van der Waals surface area contributed by atoms with E-state index >= 15 is 0 Å². The highest BCUT2D eigenvalue weighted by molar-refractivity contribution is 7.85. The van der Waals surface area contributed by atoms with Crippen LogP contribution in [-0.2, 0) is 10.8 Å². The number of hydrogen-bond donors (Lipinski definition) is 2. The highest BCUT2D eigenvalue weighted by Gasteiger charge is 2.15. The van der Waals surface area contributed by atoms with Crippen molar-refractivity contribution >= 4 is 44.9 Å². The van der Waals surface area contributed by atoms with E-state index in [0.717, 1.165) is 29.3 Å². The lowest BCUT2D eigenvalue weighted by atomic mass is 9.96. The van der Waals surface area contributed by atoms with Crippen LogP contribution in [0.5, 0.6) is 0 Å². The number of anilines is 2. The number of fused-ring (bicyclic) bond motifs is 1. The van der Waals surface area contributed by atoms with E-state index in [-0.39, 0.29) is 11.7 Å². The monoisotopic (exact) mass is 508 g/mol. The molecule has 2 N–H and O–H groups in total. The maximum Gasteiger partial charge on any atom is 0.223 e. The van der Waals surface area contributed by atoms with E-state index in [1.807, 2.05) is 18.2 Å². The molecule has 0 saturated heterocycles. The fourth-order valence-electron chi connectivity index (χ4n) is 4.42. The van der Waals surface area contributed by atoms with Crippen molar-refractivity contribution in [3.8, 4) is 11.1 Å². The molecular weight excluding hydrogens is 483 g/mol. The maximum atomic E-state index is 15.0. The minimum Gasteiger partial charge on any atom is -0.373 e. The van der Waals surface area contributed by atoms with Crippen LogP contribution in [0.1, 0.15) is 32.1 Å². The first-order valence-corrected chi connectivity index (χ1v) is 13.5. The van der Waals surface area contributed by atoms with Gasteiger partial charge in [0.25, 0.3) is 0 Å². The number of halogens is 2. The third kappa shape index (κ3) is 5.63. The van der Waals surface area contributed by atoms with E-state index in [0.29, 0.717) is 33.2 Å². The van der Waals surface area contributed by atoms with Gasteiger partial charge in [0.05, 0.1) is 32.1 Å². The molecule has 1 heterocycles. The summed E-state index contributed by atoms with van der Waals surface area (Å²) in [4.78, 5) is 9.68. The summed E-state index contributed by atoms with van der Waals surface area (Å²) < 4.78 is 27.5. The predicted octanol–water partition coefficient (Wildman–Crippen LogP) is 7.01. The van der Waals surface area contributed by atoms with Crippen LogP contribution in [0.4, 0.5) is 16.0 Å². The summed E-state index contributed by atoms with van der Waals surface area (Å²) in [6.07, 6.45) is 7.88. The van der Waals surface area contributed by atoms with Crippen molar-refractivity contribution in [1.82, 2.24) is 9.97 Å². The van der Waals surface area contributed by atoms with Crippen LogP contribution < -0.4 is 10.6 Å². The second-order valence-electron chi connectivity index (χ2n) is 8.74. The Morgan fingerprint density at radius 1 is 1.03 bits per heavy atom. The Morgan fingerprint density at radius 3 is 2.66 bits per heavy atom. The number of nitrogens with one attached hydrogen (secondary N) is 2.